The number of aromatic nitrogens is 1. The van der Waals surface area contributed by atoms with Crippen molar-refractivity contribution in [3.63, 3.8) is 0 Å². The SMILES string of the molecule is O=C(O)c1cccc2nc(-c3cc(Br)sc3Br)oc12. The Balaban J connectivity index is 2.25. The number of carbonyl (C=O) groups is 1. The predicted octanol–water partition coefficient (Wildman–Crippen LogP) is 4.78. The first-order valence-corrected chi connectivity index (χ1v) is 7.54. The summed E-state index contributed by atoms with van der Waals surface area (Å²) in [5.74, 6) is -0.628. The summed E-state index contributed by atoms with van der Waals surface area (Å²) in [6, 6.07) is 6.75. The first-order chi connectivity index (χ1) is 9.06. The van der Waals surface area contributed by atoms with Gasteiger partial charge >= 0.3 is 5.97 Å². The van der Waals surface area contributed by atoms with Gasteiger partial charge in [0.05, 0.1) is 13.1 Å². The van der Waals surface area contributed by atoms with E-state index in [0.717, 1.165) is 13.1 Å². The zero-order chi connectivity index (χ0) is 13.6. The highest BCUT2D eigenvalue weighted by Crippen LogP contribution is 2.39. The Hall–Kier alpha value is -1.18. The molecule has 96 valence electrons. The second kappa shape index (κ2) is 4.73. The minimum atomic E-state index is -1.03. The van der Waals surface area contributed by atoms with Crippen molar-refractivity contribution < 1.29 is 14.3 Å². The summed E-state index contributed by atoms with van der Waals surface area (Å²) in [5, 5.41) is 9.12. The number of rotatable bonds is 2. The molecule has 0 saturated carbocycles. The molecule has 0 saturated heterocycles. The largest absolute Gasteiger partial charge is 0.478 e. The van der Waals surface area contributed by atoms with Gasteiger partial charge in [0.2, 0.25) is 5.89 Å². The highest BCUT2D eigenvalue weighted by atomic mass is 79.9. The van der Waals surface area contributed by atoms with E-state index in [1.165, 1.54) is 17.4 Å². The first kappa shape index (κ1) is 12.8. The Labute approximate surface area is 128 Å². The average Bonchev–Trinajstić information content (AvgIpc) is 2.91. The molecule has 0 unspecified atom stereocenters. The highest BCUT2D eigenvalue weighted by Gasteiger charge is 2.18. The van der Waals surface area contributed by atoms with Crippen LogP contribution in [0, 0.1) is 0 Å². The molecule has 2 heterocycles. The van der Waals surface area contributed by atoms with Crippen LogP contribution >= 0.6 is 43.2 Å². The Morgan fingerprint density at radius 1 is 1.37 bits per heavy atom. The van der Waals surface area contributed by atoms with Gasteiger partial charge in [-0.05, 0) is 50.1 Å². The van der Waals surface area contributed by atoms with Crippen LogP contribution in [0.4, 0.5) is 0 Å². The molecule has 0 radical (unpaired) electrons. The van der Waals surface area contributed by atoms with Crippen LogP contribution in [0.1, 0.15) is 10.4 Å². The number of hydrogen-bond donors (Lipinski definition) is 1. The van der Waals surface area contributed by atoms with Crippen molar-refractivity contribution in [2.24, 2.45) is 0 Å². The number of hydrogen-bond acceptors (Lipinski definition) is 4. The molecule has 1 aromatic carbocycles. The number of carboxylic acid groups (broad SMARTS) is 1. The quantitative estimate of drug-likeness (QED) is 0.669. The predicted molar refractivity (Wildman–Crippen MR) is 79.7 cm³/mol. The minimum Gasteiger partial charge on any atom is -0.478 e. The summed E-state index contributed by atoms with van der Waals surface area (Å²) in [6.07, 6.45) is 0. The molecule has 0 spiro atoms. The Bertz CT molecular complexity index is 793. The van der Waals surface area contributed by atoms with Gasteiger partial charge in [0.1, 0.15) is 11.1 Å². The molecular weight excluding hydrogens is 398 g/mol. The Kier molecular flexibility index (Phi) is 3.20. The zero-order valence-electron chi connectivity index (χ0n) is 9.18. The molecule has 4 nitrogen and oxygen atoms in total. The Morgan fingerprint density at radius 2 is 2.16 bits per heavy atom. The summed E-state index contributed by atoms with van der Waals surface area (Å²) in [6.45, 7) is 0. The van der Waals surface area contributed by atoms with Crippen LogP contribution in [-0.2, 0) is 0 Å². The number of oxazole rings is 1. The summed E-state index contributed by atoms with van der Waals surface area (Å²) in [4.78, 5) is 15.5. The second-order valence-electron chi connectivity index (χ2n) is 3.72. The van der Waals surface area contributed by atoms with E-state index in [1.54, 1.807) is 12.1 Å². The van der Waals surface area contributed by atoms with Gasteiger partial charge in [0.15, 0.2) is 5.58 Å². The number of aromatic carboxylic acids is 1. The van der Waals surface area contributed by atoms with E-state index in [9.17, 15) is 4.79 Å². The molecule has 0 atom stereocenters. The molecule has 2 aromatic heterocycles. The molecule has 0 fully saturated rings. The Morgan fingerprint density at radius 3 is 2.79 bits per heavy atom. The van der Waals surface area contributed by atoms with E-state index in [2.05, 4.69) is 36.8 Å². The molecule has 3 rings (SSSR count). The van der Waals surface area contributed by atoms with E-state index < -0.39 is 5.97 Å². The average molecular weight is 403 g/mol. The molecule has 1 N–H and O–H groups in total. The number of para-hydroxylation sites is 1. The molecule has 0 aliphatic rings. The van der Waals surface area contributed by atoms with Crippen molar-refractivity contribution in [2.75, 3.05) is 0 Å². The van der Waals surface area contributed by atoms with E-state index in [0.29, 0.717) is 17.0 Å². The molecule has 19 heavy (non-hydrogen) atoms. The lowest BCUT2D eigenvalue weighted by Gasteiger charge is -1.93. The maximum absolute atomic E-state index is 11.1. The van der Waals surface area contributed by atoms with E-state index in [-0.39, 0.29) is 5.56 Å². The molecule has 0 amide bonds. The van der Waals surface area contributed by atoms with E-state index in [4.69, 9.17) is 9.52 Å². The van der Waals surface area contributed by atoms with Crippen LogP contribution in [-0.4, -0.2) is 16.1 Å². The first-order valence-electron chi connectivity index (χ1n) is 5.14. The topological polar surface area (TPSA) is 63.3 Å². The summed E-state index contributed by atoms with van der Waals surface area (Å²) in [5.41, 5.74) is 1.73. The van der Waals surface area contributed by atoms with Crippen molar-refractivity contribution in [3.05, 3.63) is 37.4 Å². The monoisotopic (exact) mass is 401 g/mol. The maximum atomic E-state index is 11.1. The van der Waals surface area contributed by atoms with Crippen molar-refractivity contribution in [3.8, 4) is 11.5 Å². The highest BCUT2D eigenvalue weighted by molar-refractivity contribution is 9.12. The fourth-order valence-electron chi connectivity index (χ4n) is 1.72. The maximum Gasteiger partial charge on any atom is 0.339 e. The third kappa shape index (κ3) is 2.22. The number of benzene rings is 1. The zero-order valence-corrected chi connectivity index (χ0v) is 13.2. The lowest BCUT2D eigenvalue weighted by atomic mass is 10.2. The van der Waals surface area contributed by atoms with Crippen LogP contribution in [0.2, 0.25) is 0 Å². The third-order valence-corrected chi connectivity index (χ3v) is 4.87. The fraction of sp³-hybridized carbons (Fsp3) is 0. The van der Waals surface area contributed by atoms with Gasteiger partial charge < -0.3 is 9.52 Å². The van der Waals surface area contributed by atoms with E-state index in [1.807, 2.05) is 6.07 Å². The smallest absolute Gasteiger partial charge is 0.339 e. The summed E-state index contributed by atoms with van der Waals surface area (Å²) < 4.78 is 7.42. The standard InChI is InChI=1S/C12H5Br2NO3S/c13-8-4-6(10(14)19-8)11-15-7-3-1-2-5(12(16)17)9(7)18-11/h1-4H,(H,16,17). The van der Waals surface area contributed by atoms with Crippen LogP contribution in [0.15, 0.2) is 36.3 Å². The lowest BCUT2D eigenvalue weighted by Crippen LogP contribution is -1.95. The molecule has 0 aliphatic heterocycles. The number of halogens is 2. The number of fused-ring (bicyclic) bond motifs is 1. The van der Waals surface area contributed by atoms with Gasteiger partial charge in [-0.1, -0.05) is 6.07 Å². The number of thiophene rings is 1. The van der Waals surface area contributed by atoms with Gasteiger partial charge in [0, 0.05) is 0 Å². The molecular formula is C12H5Br2NO3S. The number of carboxylic acids is 1. The number of nitrogens with zero attached hydrogens (tertiary/aromatic N) is 1. The van der Waals surface area contributed by atoms with Crippen molar-refractivity contribution >= 4 is 60.3 Å². The van der Waals surface area contributed by atoms with Gasteiger partial charge in [-0.2, -0.15) is 0 Å². The summed E-state index contributed by atoms with van der Waals surface area (Å²) in [7, 11) is 0. The van der Waals surface area contributed by atoms with Gasteiger partial charge in [-0.15, -0.1) is 11.3 Å². The molecule has 3 aromatic rings. The van der Waals surface area contributed by atoms with Crippen LogP contribution in [0.25, 0.3) is 22.6 Å². The van der Waals surface area contributed by atoms with Crippen molar-refractivity contribution in [1.82, 2.24) is 4.98 Å². The van der Waals surface area contributed by atoms with Gasteiger partial charge in [0.25, 0.3) is 0 Å². The normalized spacial score (nSPS) is 11.1. The van der Waals surface area contributed by atoms with Crippen LogP contribution in [0.5, 0.6) is 0 Å². The van der Waals surface area contributed by atoms with E-state index >= 15 is 0 Å². The second-order valence-corrected chi connectivity index (χ2v) is 7.47. The minimum absolute atomic E-state index is 0.113. The molecule has 0 bridgehead atoms. The van der Waals surface area contributed by atoms with Crippen molar-refractivity contribution in [2.45, 2.75) is 0 Å². The fourth-order valence-corrected chi connectivity index (χ4v) is 4.50. The third-order valence-electron chi connectivity index (χ3n) is 2.53. The molecule has 0 aliphatic carbocycles. The van der Waals surface area contributed by atoms with Crippen molar-refractivity contribution in [1.29, 1.82) is 0 Å². The molecule has 7 heteroatoms. The van der Waals surface area contributed by atoms with Crippen LogP contribution < -0.4 is 0 Å². The lowest BCUT2D eigenvalue weighted by molar-refractivity contribution is 0.0698. The summed E-state index contributed by atoms with van der Waals surface area (Å²) >= 11 is 8.32. The van der Waals surface area contributed by atoms with Gasteiger partial charge in [-0.3, -0.25) is 0 Å². The van der Waals surface area contributed by atoms with Gasteiger partial charge in [-0.25, -0.2) is 9.78 Å². The van der Waals surface area contributed by atoms with Crippen LogP contribution in [0.3, 0.4) is 0 Å².